The Hall–Kier alpha value is -0.730. The van der Waals surface area contributed by atoms with Crippen molar-refractivity contribution in [2.75, 3.05) is 13.0 Å². The van der Waals surface area contributed by atoms with Crippen molar-refractivity contribution in [2.45, 2.75) is 12.8 Å². The van der Waals surface area contributed by atoms with Gasteiger partial charge >= 0.3 is 0 Å². The number of alkyl halides is 1. The molecule has 80 valence electrons. The van der Waals surface area contributed by atoms with Crippen LogP contribution in [0.4, 0.5) is 0 Å². The van der Waals surface area contributed by atoms with Crippen LogP contribution < -0.4 is 4.74 Å². The summed E-state index contributed by atoms with van der Waals surface area (Å²) in [6.45, 7) is 0. The van der Waals surface area contributed by atoms with E-state index in [9.17, 15) is 0 Å². The minimum atomic E-state index is 0.724. The summed E-state index contributed by atoms with van der Waals surface area (Å²) in [6.07, 6.45) is 2.08. The summed E-state index contributed by atoms with van der Waals surface area (Å²) >= 11 is 7.45. The first kappa shape index (κ1) is 10.8. The van der Waals surface area contributed by atoms with Crippen molar-refractivity contribution >= 4 is 33.0 Å². The summed E-state index contributed by atoms with van der Waals surface area (Å²) in [7, 11) is 1.72. The highest BCUT2D eigenvalue weighted by molar-refractivity contribution is 7.17. The maximum Gasteiger partial charge on any atom is 0.136 e. The molecular formula is C12H13ClOS. The summed E-state index contributed by atoms with van der Waals surface area (Å²) in [5, 5.41) is 3.52. The van der Waals surface area contributed by atoms with Crippen LogP contribution in [0.5, 0.6) is 5.75 Å². The second-order valence-electron chi connectivity index (χ2n) is 3.39. The minimum absolute atomic E-state index is 0.724. The Kier molecular flexibility index (Phi) is 3.49. The van der Waals surface area contributed by atoms with Crippen molar-refractivity contribution in [3.05, 3.63) is 29.1 Å². The van der Waals surface area contributed by atoms with Crippen molar-refractivity contribution in [1.82, 2.24) is 0 Å². The topological polar surface area (TPSA) is 9.23 Å². The zero-order valence-electron chi connectivity index (χ0n) is 8.63. The predicted molar refractivity (Wildman–Crippen MR) is 67.4 cm³/mol. The third-order valence-electron chi connectivity index (χ3n) is 2.44. The molecule has 0 unspecified atom stereocenters. The molecule has 0 amide bonds. The lowest BCUT2D eigenvalue weighted by Crippen LogP contribution is -1.85. The Labute approximate surface area is 98.6 Å². The molecule has 1 aromatic heterocycles. The fourth-order valence-corrected chi connectivity index (χ4v) is 2.93. The molecule has 0 aliphatic heterocycles. The Balaban J connectivity index is 2.42. The molecule has 0 saturated carbocycles. The van der Waals surface area contributed by atoms with E-state index in [0.717, 1.165) is 24.5 Å². The second kappa shape index (κ2) is 4.86. The molecule has 2 rings (SSSR count). The van der Waals surface area contributed by atoms with E-state index in [1.54, 1.807) is 18.4 Å². The number of hydrogen-bond acceptors (Lipinski definition) is 2. The molecule has 0 atom stereocenters. The Morgan fingerprint density at radius 1 is 1.40 bits per heavy atom. The van der Waals surface area contributed by atoms with E-state index in [-0.39, 0.29) is 0 Å². The number of halogens is 1. The van der Waals surface area contributed by atoms with E-state index >= 15 is 0 Å². The molecular weight excluding hydrogens is 228 g/mol. The number of aryl methyl sites for hydroxylation is 1. The van der Waals surface area contributed by atoms with Gasteiger partial charge in [-0.2, -0.15) is 0 Å². The number of fused-ring (bicyclic) bond motifs is 1. The highest BCUT2D eigenvalue weighted by atomic mass is 35.5. The summed E-state index contributed by atoms with van der Waals surface area (Å²) in [5.74, 6) is 1.69. The van der Waals surface area contributed by atoms with E-state index in [4.69, 9.17) is 16.3 Å². The van der Waals surface area contributed by atoms with Gasteiger partial charge in [0.05, 0.1) is 11.8 Å². The van der Waals surface area contributed by atoms with E-state index < -0.39 is 0 Å². The van der Waals surface area contributed by atoms with E-state index in [1.807, 2.05) is 12.1 Å². The first-order chi connectivity index (χ1) is 7.36. The Morgan fingerprint density at radius 2 is 2.27 bits per heavy atom. The molecule has 0 spiro atoms. The highest BCUT2D eigenvalue weighted by Crippen LogP contribution is 2.34. The summed E-state index contributed by atoms with van der Waals surface area (Å²) < 4.78 is 6.57. The average molecular weight is 241 g/mol. The third-order valence-corrected chi connectivity index (χ3v) is 3.77. The van der Waals surface area contributed by atoms with Crippen molar-refractivity contribution in [3.63, 3.8) is 0 Å². The van der Waals surface area contributed by atoms with Gasteiger partial charge in [-0.15, -0.1) is 22.9 Å². The predicted octanol–water partition coefficient (Wildman–Crippen LogP) is 4.08. The summed E-state index contributed by atoms with van der Waals surface area (Å²) in [6, 6.07) is 6.19. The van der Waals surface area contributed by atoms with E-state index in [1.165, 1.54) is 15.6 Å². The Bertz CT molecular complexity index is 450. The van der Waals surface area contributed by atoms with Gasteiger partial charge in [0.2, 0.25) is 0 Å². The fraction of sp³-hybridized carbons (Fsp3) is 0.333. The standard InChI is InChI=1S/C12H13ClOS/c1-14-11-6-2-5-10-9(4-3-7-13)8-15-12(10)11/h2,5-6,8H,3-4,7H2,1H3. The molecule has 2 aromatic rings. The normalized spacial score (nSPS) is 10.8. The van der Waals surface area contributed by atoms with Crippen LogP contribution in [0, 0.1) is 0 Å². The molecule has 0 aliphatic rings. The Morgan fingerprint density at radius 3 is 3.00 bits per heavy atom. The quantitative estimate of drug-likeness (QED) is 0.732. The lowest BCUT2D eigenvalue weighted by molar-refractivity contribution is 0.420. The second-order valence-corrected chi connectivity index (χ2v) is 4.65. The number of thiophene rings is 1. The summed E-state index contributed by atoms with van der Waals surface area (Å²) in [5.41, 5.74) is 1.38. The van der Waals surface area contributed by atoms with Gasteiger partial charge in [-0.05, 0) is 35.2 Å². The number of benzene rings is 1. The molecule has 0 bridgehead atoms. The van der Waals surface area contributed by atoms with Crippen molar-refractivity contribution in [3.8, 4) is 5.75 Å². The van der Waals surface area contributed by atoms with Gasteiger partial charge in [-0.1, -0.05) is 12.1 Å². The zero-order chi connectivity index (χ0) is 10.7. The summed E-state index contributed by atoms with van der Waals surface area (Å²) in [4.78, 5) is 0. The molecule has 0 radical (unpaired) electrons. The van der Waals surface area contributed by atoms with Gasteiger partial charge in [-0.25, -0.2) is 0 Å². The smallest absolute Gasteiger partial charge is 0.136 e. The van der Waals surface area contributed by atoms with Gasteiger partial charge in [-0.3, -0.25) is 0 Å². The van der Waals surface area contributed by atoms with Crippen LogP contribution in [0.3, 0.4) is 0 Å². The van der Waals surface area contributed by atoms with Crippen LogP contribution in [0.15, 0.2) is 23.6 Å². The maximum absolute atomic E-state index is 5.71. The van der Waals surface area contributed by atoms with Crippen molar-refractivity contribution in [1.29, 1.82) is 0 Å². The lowest BCUT2D eigenvalue weighted by atomic mass is 10.1. The fourth-order valence-electron chi connectivity index (χ4n) is 1.70. The van der Waals surface area contributed by atoms with Crippen LogP contribution in [-0.2, 0) is 6.42 Å². The number of ether oxygens (including phenoxy) is 1. The molecule has 1 nitrogen and oxygen atoms in total. The first-order valence-electron chi connectivity index (χ1n) is 4.96. The largest absolute Gasteiger partial charge is 0.495 e. The number of rotatable bonds is 4. The van der Waals surface area contributed by atoms with Crippen molar-refractivity contribution in [2.24, 2.45) is 0 Å². The van der Waals surface area contributed by atoms with Crippen LogP contribution >= 0.6 is 22.9 Å². The zero-order valence-corrected chi connectivity index (χ0v) is 10.2. The molecule has 0 N–H and O–H groups in total. The van der Waals surface area contributed by atoms with Gasteiger partial charge < -0.3 is 4.74 Å². The van der Waals surface area contributed by atoms with Gasteiger partial charge in [0.1, 0.15) is 5.75 Å². The van der Waals surface area contributed by atoms with Gasteiger partial charge in [0, 0.05) is 5.88 Å². The highest BCUT2D eigenvalue weighted by Gasteiger charge is 2.07. The van der Waals surface area contributed by atoms with Gasteiger partial charge in [0.15, 0.2) is 0 Å². The average Bonchev–Trinajstić information content (AvgIpc) is 2.69. The van der Waals surface area contributed by atoms with Crippen molar-refractivity contribution < 1.29 is 4.74 Å². The lowest BCUT2D eigenvalue weighted by Gasteiger charge is -2.01. The van der Waals surface area contributed by atoms with Crippen LogP contribution in [0.2, 0.25) is 0 Å². The number of methoxy groups -OCH3 is 1. The first-order valence-corrected chi connectivity index (χ1v) is 6.37. The van der Waals surface area contributed by atoms with Crippen LogP contribution in [0.1, 0.15) is 12.0 Å². The van der Waals surface area contributed by atoms with E-state index in [2.05, 4.69) is 11.4 Å². The van der Waals surface area contributed by atoms with E-state index in [0.29, 0.717) is 0 Å². The molecule has 1 aromatic carbocycles. The van der Waals surface area contributed by atoms with Crippen LogP contribution in [-0.4, -0.2) is 13.0 Å². The third kappa shape index (κ3) is 2.11. The number of hydrogen-bond donors (Lipinski definition) is 0. The SMILES string of the molecule is COc1cccc2c(CCCCl)csc12. The molecule has 0 aliphatic carbocycles. The van der Waals surface area contributed by atoms with Crippen LogP contribution in [0.25, 0.3) is 10.1 Å². The molecule has 15 heavy (non-hydrogen) atoms. The van der Waals surface area contributed by atoms with Gasteiger partial charge in [0.25, 0.3) is 0 Å². The monoisotopic (exact) mass is 240 g/mol. The molecule has 0 saturated heterocycles. The molecule has 0 fully saturated rings. The molecule has 1 heterocycles. The molecule has 3 heteroatoms. The maximum atomic E-state index is 5.71. The minimum Gasteiger partial charge on any atom is -0.495 e.